The van der Waals surface area contributed by atoms with Crippen molar-refractivity contribution in [1.82, 2.24) is 15.0 Å². The number of hydrazine groups is 1. The molecule has 1 aromatic rings. The number of nitrogens with two attached hydrogens (primary N) is 1. The fourth-order valence-corrected chi connectivity index (χ4v) is 2.87. The molecule has 9 heteroatoms. The summed E-state index contributed by atoms with van der Waals surface area (Å²) in [4.78, 5) is 15.1. The second-order valence-corrected chi connectivity index (χ2v) is 6.79. The minimum absolute atomic E-state index is 0.133. The van der Waals surface area contributed by atoms with Crippen LogP contribution in [-0.2, 0) is 10.8 Å². The molecule has 0 spiro atoms. The van der Waals surface area contributed by atoms with E-state index in [1.807, 2.05) is 6.92 Å². The Balaban J connectivity index is 2.07. The van der Waals surface area contributed by atoms with Gasteiger partial charge >= 0.3 is 0 Å². The molecule has 1 aliphatic rings. The lowest BCUT2D eigenvalue weighted by atomic mass is 10.3. The molecule has 1 fully saturated rings. The highest BCUT2D eigenvalue weighted by Crippen LogP contribution is 2.18. The van der Waals surface area contributed by atoms with Crippen molar-refractivity contribution < 1.29 is 4.21 Å². The number of aromatic nitrogens is 3. The third-order valence-electron chi connectivity index (χ3n) is 3.36. The first-order valence-electron chi connectivity index (χ1n) is 7.12. The zero-order valence-electron chi connectivity index (χ0n) is 12.5. The summed E-state index contributed by atoms with van der Waals surface area (Å²) < 4.78 is 11.1. The standard InChI is InChI=1S/C12H23N7OS/c1-9(5-8-21(2)20)14-10-15-11(18-13)17-12(16-10)19-6-3-4-7-19/h9H,3-8,13H2,1-2H3,(H2,14,15,16,17,18). The van der Waals surface area contributed by atoms with Crippen LogP contribution in [0.15, 0.2) is 0 Å². The molecule has 4 N–H and O–H groups in total. The van der Waals surface area contributed by atoms with Gasteiger partial charge in [0, 0.05) is 41.9 Å². The van der Waals surface area contributed by atoms with E-state index < -0.39 is 10.8 Å². The molecular formula is C12H23N7OS. The predicted octanol–water partition coefficient (Wildman–Crippen LogP) is 0.326. The molecule has 2 rings (SSSR count). The van der Waals surface area contributed by atoms with Crippen LogP contribution in [0, 0.1) is 0 Å². The van der Waals surface area contributed by atoms with E-state index in [-0.39, 0.29) is 6.04 Å². The molecule has 118 valence electrons. The normalized spacial score (nSPS) is 17.6. The van der Waals surface area contributed by atoms with E-state index in [2.05, 4.69) is 30.6 Å². The maximum absolute atomic E-state index is 11.1. The van der Waals surface area contributed by atoms with Crippen molar-refractivity contribution in [3.05, 3.63) is 0 Å². The topological polar surface area (TPSA) is 109 Å². The summed E-state index contributed by atoms with van der Waals surface area (Å²) in [6, 6.07) is 0.133. The van der Waals surface area contributed by atoms with Crippen LogP contribution >= 0.6 is 0 Å². The second kappa shape index (κ2) is 7.51. The van der Waals surface area contributed by atoms with Gasteiger partial charge in [-0.15, -0.1) is 0 Å². The molecule has 0 aliphatic carbocycles. The molecule has 2 heterocycles. The summed E-state index contributed by atoms with van der Waals surface area (Å²) in [6.07, 6.45) is 4.80. The summed E-state index contributed by atoms with van der Waals surface area (Å²) in [5.41, 5.74) is 2.48. The van der Waals surface area contributed by atoms with Crippen LogP contribution < -0.4 is 21.5 Å². The third kappa shape index (κ3) is 4.78. The number of anilines is 3. The molecule has 2 atom stereocenters. The van der Waals surface area contributed by atoms with Crippen LogP contribution in [0.1, 0.15) is 26.2 Å². The van der Waals surface area contributed by atoms with Crippen LogP contribution in [0.25, 0.3) is 0 Å². The molecule has 0 amide bonds. The first kappa shape index (κ1) is 15.9. The van der Waals surface area contributed by atoms with Crippen molar-refractivity contribution >= 4 is 28.6 Å². The maximum Gasteiger partial charge on any atom is 0.243 e. The van der Waals surface area contributed by atoms with Crippen LogP contribution in [0.3, 0.4) is 0 Å². The van der Waals surface area contributed by atoms with E-state index in [4.69, 9.17) is 5.84 Å². The van der Waals surface area contributed by atoms with Gasteiger partial charge in [0.25, 0.3) is 0 Å². The van der Waals surface area contributed by atoms with Gasteiger partial charge in [-0.1, -0.05) is 0 Å². The Morgan fingerprint density at radius 1 is 1.29 bits per heavy atom. The number of nitrogens with one attached hydrogen (secondary N) is 2. The van der Waals surface area contributed by atoms with Gasteiger partial charge in [0.15, 0.2) is 0 Å². The van der Waals surface area contributed by atoms with E-state index in [1.54, 1.807) is 6.26 Å². The first-order valence-corrected chi connectivity index (χ1v) is 8.85. The molecule has 0 saturated carbocycles. The second-order valence-electron chi connectivity index (χ2n) is 5.23. The SMILES string of the molecule is CC(CCS(C)=O)Nc1nc(NN)nc(N2CCCC2)n1. The van der Waals surface area contributed by atoms with Crippen molar-refractivity contribution in [1.29, 1.82) is 0 Å². The lowest BCUT2D eigenvalue weighted by Crippen LogP contribution is -2.25. The minimum atomic E-state index is -0.790. The molecule has 2 unspecified atom stereocenters. The molecule has 8 nitrogen and oxygen atoms in total. The number of nitrogens with zero attached hydrogens (tertiary/aromatic N) is 4. The molecule has 0 radical (unpaired) electrons. The Morgan fingerprint density at radius 3 is 2.57 bits per heavy atom. The molecule has 1 saturated heterocycles. The average Bonchev–Trinajstić information content (AvgIpc) is 2.99. The van der Waals surface area contributed by atoms with Crippen LogP contribution in [0.5, 0.6) is 0 Å². The zero-order chi connectivity index (χ0) is 15.2. The number of rotatable bonds is 7. The molecule has 0 bridgehead atoms. The monoisotopic (exact) mass is 313 g/mol. The van der Waals surface area contributed by atoms with E-state index in [0.29, 0.717) is 23.6 Å². The van der Waals surface area contributed by atoms with Gasteiger partial charge < -0.3 is 10.2 Å². The van der Waals surface area contributed by atoms with E-state index >= 15 is 0 Å². The van der Waals surface area contributed by atoms with Gasteiger partial charge in [-0.25, -0.2) is 5.84 Å². The fourth-order valence-electron chi connectivity index (χ4n) is 2.19. The zero-order valence-corrected chi connectivity index (χ0v) is 13.3. The molecule has 0 aromatic carbocycles. The summed E-state index contributed by atoms with van der Waals surface area (Å²) >= 11 is 0. The Morgan fingerprint density at radius 2 is 1.95 bits per heavy atom. The quantitative estimate of drug-likeness (QED) is 0.488. The fraction of sp³-hybridized carbons (Fsp3) is 0.750. The summed E-state index contributed by atoms with van der Waals surface area (Å²) in [5, 5.41) is 3.22. The van der Waals surface area contributed by atoms with Crippen molar-refractivity contribution in [2.24, 2.45) is 5.84 Å². The van der Waals surface area contributed by atoms with Gasteiger partial charge in [0.1, 0.15) is 0 Å². The third-order valence-corrected chi connectivity index (χ3v) is 4.17. The molecular weight excluding hydrogens is 290 g/mol. The van der Waals surface area contributed by atoms with Crippen LogP contribution in [-0.4, -0.2) is 50.3 Å². The Labute approximate surface area is 127 Å². The minimum Gasteiger partial charge on any atom is -0.352 e. The van der Waals surface area contributed by atoms with E-state index in [0.717, 1.165) is 32.4 Å². The van der Waals surface area contributed by atoms with Crippen molar-refractivity contribution in [2.75, 3.05) is 40.7 Å². The summed E-state index contributed by atoms with van der Waals surface area (Å²) in [5.74, 6) is 7.56. The largest absolute Gasteiger partial charge is 0.352 e. The Bertz CT molecular complexity index is 492. The van der Waals surface area contributed by atoms with Crippen LogP contribution in [0.2, 0.25) is 0 Å². The van der Waals surface area contributed by atoms with Crippen LogP contribution in [0.4, 0.5) is 17.8 Å². The number of hydrogen-bond acceptors (Lipinski definition) is 8. The first-order chi connectivity index (χ1) is 10.1. The average molecular weight is 313 g/mol. The predicted molar refractivity (Wildman–Crippen MR) is 85.7 cm³/mol. The van der Waals surface area contributed by atoms with Gasteiger partial charge in [0.05, 0.1) is 0 Å². The lowest BCUT2D eigenvalue weighted by molar-refractivity contribution is 0.677. The highest BCUT2D eigenvalue weighted by Gasteiger charge is 2.17. The summed E-state index contributed by atoms with van der Waals surface area (Å²) in [7, 11) is -0.790. The number of nitrogen functional groups attached to an aromatic ring is 1. The molecule has 1 aliphatic heterocycles. The van der Waals surface area contributed by atoms with Crippen molar-refractivity contribution in [2.45, 2.75) is 32.2 Å². The van der Waals surface area contributed by atoms with Gasteiger partial charge in [-0.05, 0) is 26.2 Å². The van der Waals surface area contributed by atoms with Gasteiger partial charge in [-0.3, -0.25) is 9.63 Å². The Kier molecular flexibility index (Phi) is 5.68. The van der Waals surface area contributed by atoms with Gasteiger partial charge in [0.2, 0.25) is 17.8 Å². The molecule has 1 aromatic heterocycles. The highest BCUT2D eigenvalue weighted by molar-refractivity contribution is 7.84. The van der Waals surface area contributed by atoms with Crippen molar-refractivity contribution in [3.63, 3.8) is 0 Å². The van der Waals surface area contributed by atoms with Crippen molar-refractivity contribution in [3.8, 4) is 0 Å². The van der Waals surface area contributed by atoms with E-state index in [1.165, 1.54) is 0 Å². The highest BCUT2D eigenvalue weighted by atomic mass is 32.2. The maximum atomic E-state index is 11.1. The Hall–Kier alpha value is -1.48. The smallest absolute Gasteiger partial charge is 0.243 e. The summed E-state index contributed by atoms with van der Waals surface area (Å²) in [6.45, 7) is 3.93. The number of hydrogen-bond donors (Lipinski definition) is 3. The lowest BCUT2D eigenvalue weighted by Gasteiger charge is -2.18. The van der Waals surface area contributed by atoms with Gasteiger partial charge in [-0.2, -0.15) is 15.0 Å². The molecule has 21 heavy (non-hydrogen) atoms. The van der Waals surface area contributed by atoms with E-state index in [9.17, 15) is 4.21 Å².